The van der Waals surface area contributed by atoms with Gasteiger partial charge in [-0.15, -0.1) is 0 Å². The number of alkyl halides is 6. The van der Waals surface area contributed by atoms with Gasteiger partial charge in [0.1, 0.15) is 35.4 Å². The predicted octanol–water partition coefficient (Wildman–Crippen LogP) is 16.5. The summed E-state index contributed by atoms with van der Waals surface area (Å²) in [6.45, 7) is 19.8. The molecule has 14 nitrogen and oxygen atoms in total. The SMILES string of the molecule is CCOC(=O)C[C@H](NC(=O)C(CC(C)C)n1cc(CCCN(C)C)c(C(F)(F)F)cc1=O)c1c(F)c(C)cc(-c2c(C)cc(C3CC3)cc2C)c1F.Cc1cc(-c2c(C)cc(C3CC3)cc2C)c(F)c([C@H](CC(=O)O)NC(=O)C(CC(C)C)n2cc(CCCN(C)C)c(C(F)(F)F)cc2=O)c1F. The number of nitrogens with one attached hydrogen (secondary N) is 2. The van der Waals surface area contributed by atoms with Gasteiger partial charge in [0.2, 0.25) is 11.8 Å². The van der Waals surface area contributed by atoms with Gasteiger partial charge in [0.05, 0.1) is 42.7 Å². The number of esters is 1. The first-order valence-electron chi connectivity index (χ1n) is 34.8. The molecule has 2 aromatic heterocycles. The standard InChI is InChI=1S/C40H50F5N3O4.C38H46F5N3O4/c1-9-52-34(50)20-31(36-37(41)25(6)18-29(38(36)42)35-23(4)16-28(17-24(35)5)26-12-13-26)46-39(51)32(15-22(2)3)48-21-27(11-10-14-47(7)8)30(19-33(48)49)40(43,44)45;1-20(2)13-30(46-19-25(9-8-12-45(6)7)28(17-31(46)47)38(41,42)43)37(50)44-29(18-32(48)49)34-35(39)23(5)16-27(36(34)40)33-21(3)14-26(15-22(33)4)24-10-11-24/h16-19,21-22,26,31-32H,9-15,20H2,1-8H3,(H,46,51);14-17,19-20,24,29-30H,8-13,18H2,1-7H3,(H,44,50)(H,48,49)/t31-,32?;29-,30?/m00/s1. The molecular formula is C78H96F10N6O8. The van der Waals surface area contributed by atoms with Crippen LogP contribution in [0.3, 0.4) is 0 Å². The Morgan fingerprint density at radius 3 is 1.18 bits per heavy atom. The minimum Gasteiger partial charge on any atom is -0.481 e. The van der Waals surface area contributed by atoms with Crippen molar-refractivity contribution >= 4 is 23.8 Å². The van der Waals surface area contributed by atoms with E-state index < -0.39 is 130 Å². The number of carbonyl (C=O) groups excluding carboxylic acids is 3. The van der Waals surface area contributed by atoms with Crippen LogP contribution >= 0.6 is 0 Å². The zero-order valence-corrected chi connectivity index (χ0v) is 60.9. The Morgan fingerprint density at radius 2 is 0.882 bits per heavy atom. The van der Waals surface area contributed by atoms with Gasteiger partial charge in [0.25, 0.3) is 11.1 Å². The summed E-state index contributed by atoms with van der Waals surface area (Å²) in [7, 11) is 7.13. The largest absolute Gasteiger partial charge is 0.481 e. The minimum atomic E-state index is -4.82. The second kappa shape index (κ2) is 34.0. The molecule has 4 aromatic carbocycles. The molecule has 2 saturated carbocycles. The van der Waals surface area contributed by atoms with E-state index in [2.05, 4.69) is 10.6 Å². The van der Waals surface area contributed by atoms with E-state index in [1.54, 1.807) is 62.8 Å². The van der Waals surface area contributed by atoms with E-state index >= 15 is 17.6 Å². The number of aliphatic carboxylic acids is 1. The molecule has 2 unspecified atom stereocenters. The van der Waals surface area contributed by atoms with Crippen molar-refractivity contribution in [2.75, 3.05) is 47.9 Å². The Bertz CT molecular complexity index is 4140. The van der Waals surface area contributed by atoms with E-state index in [1.165, 1.54) is 26.0 Å². The van der Waals surface area contributed by atoms with Crippen LogP contribution in [0.5, 0.6) is 0 Å². The van der Waals surface area contributed by atoms with Crippen molar-refractivity contribution in [1.82, 2.24) is 29.6 Å². The van der Waals surface area contributed by atoms with E-state index in [1.807, 2.05) is 61.8 Å². The van der Waals surface area contributed by atoms with Gasteiger partial charge in [-0.25, -0.2) is 17.6 Å². The van der Waals surface area contributed by atoms with Gasteiger partial charge in [0, 0.05) is 46.8 Å². The second-order valence-electron chi connectivity index (χ2n) is 28.9. The first-order chi connectivity index (χ1) is 47.6. The molecule has 24 heteroatoms. The minimum absolute atomic E-state index is 0.0101. The number of ether oxygens (including phenoxy) is 1. The number of carboxylic acids is 1. The van der Waals surface area contributed by atoms with Crippen LogP contribution in [0, 0.1) is 76.6 Å². The third-order valence-electron chi connectivity index (χ3n) is 18.7. The molecule has 2 heterocycles. The van der Waals surface area contributed by atoms with Crippen molar-refractivity contribution in [3.63, 3.8) is 0 Å². The van der Waals surface area contributed by atoms with Crippen molar-refractivity contribution < 1.29 is 72.9 Å². The number of rotatable bonds is 29. The number of carboxylic acid groups (broad SMARTS) is 1. The summed E-state index contributed by atoms with van der Waals surface area (Å²) < 4.78 is 157. The molecular weight excluding hydrogens is 1340 g/mol. The fourth-order valence-corrected chi connectivity index (χ4v) is 13.6. The fourth-order valence-electron chi connectivity index (χ4n) is 13.6. The number of pyridine rings is 2. The lowest BCUT2D eigenvalue weighted by Crippen LogP contribution is -2.41. The normalized spacial score (nSPS) is 14.6. The number of amides is 2. The maximum atomic E-state index is 16.8. The van der Waals surface area contributed by atoms with E-state index in [0.717, 1.165) is 80.6 Å². The number of aryl methyl sites for hydroxylation is 8. The van der Waals surface area contributed by atoms with Crippen LogP contribution in [0.25, 0.3) is 22.3 Å². The summed E-state index contributed by atoms with van der Waals surface area (Å²) >= 11 is 0. The van der Waals surface area contributed by atoms with E-state index in [0.29, 0.717) is 61.0 Å². The van der Waals surface area contributed by atoms with Crippen molar-refractivity contribution in [2.45, 2.75) is 202 Å². The van der Waals surface area contributed by atoms with Crippen LogP contribution < -0.4 is 21.8 Å². The van der Waals surface area contributed by atoms with Gasteiger partial charge in [-0.1, -0.05) is 52.0 Å². The molecule has 6 aromatic rings. The molecule has 2 fully saturated rings. The quantitative estimate of drug-likeness (QED) is 0.0303. The molecule has 556 valence electrons. The van der Waals surface area contributed by atoms with Crippen molar-refractivity contribution in [3.8, 4) is 22.3 Å². The monoisotopic (exact) mass is 1430 g/mol. The lowest BCUT2D eigenvalue weighted by Gasteiger charge is -2.27. The summed E-state index contributed by atoms with van der Waals surface area (Å²) in [6.07, 6.45) is -4.14. The Hall–Kier alpha value is -8.12. The molecule has 0 aliphatic heterocycles. The molecule has 2 aliphatic carbocycles. The molecule has 102 heavy (non-hydrogen) atoms. The van der Waals surface area contributed by atoms with Gasteiger partial charge in [-0.3, -0.25) is 28.8 Å². The van der Waals surface area contributed by atoms with Crippen LogP contribution in [-0.4, -0.2) is 95.7 Å². The molecule has 0 spiro atoms. The summed E-state index contributed by atoms with van der Waals surface area (Å²) in [6, 6.07) is 5.64. The topological polar surface area (TPSA) is 172 Å². The van der Waals surface area contributed by atoms with E-state index in [-0.39, 0.29) is 77.5 Å². The Labute approximate surface area is 590 Å². The average Bonchev–Trinajstić information content (AvgIpc) is 0.987. The molecule has 8 rings (SSSR count). The number of hydrogen-bond acceptors (Lipinski definition) is 9. The highest BCUT2D eigenvalue weighted by molar-refractivity contribution is 5.84. The van der Waals surface area contributed by atoms with Crippen LogP contribution in [-0.2, 0) is 49.1 Å². The molecule has 2 amide bonds. The van der Waals surface area contributed by atoms with Crippen molar-refractivity contribution in [1.29, 1.82) is 0 Å². The molecule has 0 bridgehead atoms. The smallest absolute Gasteiger partial charge is 0.416 e. The molecule has 3 N–H and O–H groups in total. The lowest BCUT2D eigenvalue weighted by molar-refractivity contribution is -0.144. The summed E-state index contributed by atoms with van der Waals surface area (Å²) in [5.41, 5.74) is 0.952. The van der Waals surface area contributed by atoms with Crippen molar-refractivity contribution in [2.24, 2.45) is 11.8 Å². The average molecular weight is 1440 g/mol. The third-order valence-corrected chi connectivity index (χ3v) is 18.7. The van der Waals surface area contributed by atoms with E-state index in [4.69, 9.17) is 4.74 Å². The van der Waals surface area contributed by atoms with Crippen molar-refractivity contribution in [3.05, 3.63) is 183 Å². The van der Waals surface area contributed by atoms with Crippen LogP contribution in [0.15, 0.2) is 70.5 Å². The van der Waals surface area contributed by atoms with Crippen LogP contribution in [0.1, 0.15) is 213 Å². The number of carbonyl (C=O) groups is 4. The maximum absolute atomic E-state index is 16.8. The highest BCUT2D eigenvalue weighted by Gasteiger charge is 2.40. The second-order valence-corrected chi connectivity index (χ2v) is 28.9. The molecule has 4 atom stereocenters. The number of halogens is 10. The maximum Gasteiger partial charge on any atom is 0.416 e. The highest BCUT2D eigenvalue weighted by atomic mass is 19.4. The first-order valence-corrected chi connectivity index (χ1v) is 34.8. The first kappa shape index (κ1) is 81.2. The number of nitrogens with zero attached hydrogens (tertiary/aromatic N) is 4. The van der Waals surface area contributed by atoms with Crippen LogP contribution in [0.2, 0.25) is 0 Å². The Kier molecular flexibility index (Phi) is 27.1. The summed E-state index contributed by atoms with van der Waals surface area (Å²) in [4.78, 5) is 83.4. The zero-order valence-electron chi connectivity index (χ0n) is 60.9. The Balaban J connectivity index is 0.000000286. The number of hydrogen-bond donors (Lipinski definition) is 3. The third kappa shape index (κ3) is 20.4. The lowest BCUT2D eigenvalue weighted by atomic mass is 9.88. The number of benzene rings is 4. The molecule has 0 radical (unpaired) electrons. The van der Waals surface area contributed by atoms with Crippen LogP contribution in [0.4, 0.5) is 43.9 Å². The molecule has 2 aliphatic rings. The zero-order chi connectivity index (χ0) is 75.9. The van der Waals surface area contributed by atoms with Gasteiger partial charge in [-0.2, -0.15) is 26.3 Å². The number of aromatic nitrogens is 2. The Morgan fingerprint density at radius 1 is 0.539 bits per heavy atom. The van der Waals surface area contributed by atoms with Gasteiger partial charge in [-0.05, 0) is 257 Å². The summed E-state index contributed by atoms with van der Waals surface area (Å²) in [5, 5.41) is 14.9. The van der Waals surface area contributed by atoms with E-state index in [9.17, 15) is 60.2 Å². The van der Waals surface area contributed by atoms with Gasteiger partial charge < -0.3 is 39.4 Å². The summed E-state index contributed by atoms with van der Waals surface area (Å²) in [5.74, 6) is -7.67. The highest BCUT2D eigenvalue weighted by Crippen LogP contribution is 2.46. The fraction of sp³-hybridized carbons (Fsp3) is 0.513. The predicted molar refractivity (Wildman–Crippen MR) is 373 cm³/mol. The van der Waals surface area contributed by atoms with Gasteiger partial charge >= 0.3 is 24.3 Å². The van der Waals surface area contributed by atoms with Gasteiger partial charge in [0.15, 0.2) is 0 Å². The molecule has 0 saturated heterocycles.